The molecule has 1 aliphatic rings. The maximum Gasteiger partial charge on any atom is 0.223 e. The third-order valence-corrected chi connectivity index (χ3v) is 4.01. The van der Waals surface area contributed by atoms with E-state index in [0.717, 1.165) is 5.56 Å². The minimum atomic E-state index is 0.177. The minimum absolute atomic E-state index is 0.177. The fourth-order valence-corrected chi connectivity index (χ4v) is 3.37. The maximum atomic E-state index is 12.0. The SMILES string of the molecule is CC(C)N1C(=O)C[C@H](c2cc(Cl)cc(Cl)c2)[C@@H]1C. The Hall–Kier alpha value is -0.730. The molecule has 18 heavy (non-hydrogen) atoms. The smallest absolute Gasteiger partial charge is 0.223 e. The molecule has 1 aromatic rings. The molecule has 0 radical (unpaired) electrons. The summed E-state index contributed by atoms with van der Waals surface area (Å²) in [6.07, 6.45) is 0.538. The summed E-state index contributed by atoms with van der Waals surface area (Å²) < 4.78 is 0. The van der Waals surface area contributed by atoms with Crippen LogP contribution in [0, 0.1) is 0 Å². The van der Waals surface area contributed by atoms with E-state index in [4.69, 9.17) is 23.2 Å². The van der Waals surface area contributed by atoms with Crippen molar-refractivity contribution in [3.05, 3.63) is 33.8 Å². The highest BCUT2D eigenvalue weighted by Gasteiger charge is 2.38. The van der Waals surface area contributed by atoms with E-state index in [1.54, 1.807) is 6.07 Å². The number of carbonyl (C=O) groups excluding carboxylic acids is 1. The molecule has 0 bridgehead atoms. The van der Waals surface area contributed by atoms with Crippen LogP contribution in [0.15, 0.2) is 18.2 Å². The van der Waals surface area contributed by atoms with E-state index in [2.05, 4.69) is 6.92 Å². The molecule has 4 heteroatoms. The third kappa shape index (κ3) is 2.50. The Morgan fingerprint density at radius 3 is 2.22 bits per heavy atom. The molecule has 0 unspecified atom stereocenters. The van der Waals surface area contributed by atoms with Gasteiger partial charge in [0.25, 0.3) is 0 Å². The molecule has 98 valence electrons. The molecule has 1 aliphatic heterocycles. The summed E-state index contributed by atoms with van der Waals surface area (Å²) >= 11 is 12.1. The predicted molar refractivity (Wildman–Crippen MR) is 75.3 cm³/mol. The monoisotopic (exact) mass is 285 g/mol. The molecule has 0 aromatic heterocycles. The van der Waals surface area contributed by atoms with E-state index in [-0.39, 0.29) is 23.9 Å². The molecule has 0 saturated carbocycles. The van der Waals surface area contributed by atoms with Gasteiger partial charge in [-0.3, -0.25) is 4.79 Å². The lowest BCUT2D eigenvalue weighted by atomic mass is 9.92. The van der Waals surface area contributed by atoms with Crippen LogP contribution in [0.25, 0.3) is 0 Å². The lowest BCUT2D eigenvalue weighted by Gasteiger charge is -2.28. The van der Waals surface area contributed by atoms with E-state index in [1.807, 2.05) is 30.9 Å². The fraction of sp³-hybridized carbons (Fsp3) is 0.500. The van der Waals surface area contributed by atoms with Crippen molar-refractivity contribution in [1.29, 1.82) is 0 Å². The Bertz CT molecular complexity index is 453. The van der Waals surface area contributed by atoms with Gasteiger partial charge < -0.3 is 4.90 Å². The highest BCUT2D eigenvalue weighted by atomic mass is 35.5. The summed E-state index contributed by atoms with van der Waals surface area (Å²) in [4.78, 5) is 14.0. The van der Waals surface area contributed by atoms with Gasteiger partial charge in [-0.05, 0) is 44.5 Å². The number of amides is 1. The number of benzene rings is 1. The number of hydrogen-bond donors (Lipinski definition) is 0. The lowest BCUT2D eigenvalue weighted by molar-refractivity contribution is -0.130. The summed E-state index contributed by atoms with van der Waals surface area (Å²) in [6.45, 7) is 6.17. The number of likely N-dealkylation sites (tertiary alicyclic amines) is 1. The summed E-state index contributed by atoms with van der Waals surface area (Å²) in [5, 5.41) is 1.25. The van der Waals surface area contributed by atoms with Crippen molar-refractivity contribution < 1.29 is 4.79 Å². The topological polar surface area (TPSA) is 20.3 Å². The Balaban J connectivity index is 2.32. The molecule has 1 fully saturated rings. The van der Waals surface area contributed by atoms with Gasteiger partial charge >= 0.3 is 0 Å². The molecular weight excluding hydrogens is 269 g/mol. The van der Waals surface area contributed by atoms with Crippen LogP contribution < -0.4 is 0 Å². The molecule has 1 heterocycles. The van der Waals surface area contributed by atoms with E-state index < -0.39 is 0 Å². The van der Waals surface area contributed by atoms with Crippen LogP contribution in [0.5, 0.6) is 0 Å². The van der Waals surface area contributed by atoms with Gasteiger partial charge in [-0.15, -0.1) is 0 Å². The van der Waals surface area contributed by atoms with Crippen LogP contribution in [0.1, 0.15) is 38.7 Å². The second-order valence-electron chi connectivity index (χ2n) is 5.15. The zero-order valence-electron chi connectivity index (χ0n) is 10.8. The van der Waals surface area contributed by atoms with Gasteiger partial charge in [0.15, 0.2) is 0 Å². The van der Waals surface area contributed by atoms with Crippen LogP contribution in [-0.2, 0) is 4.79 Å². The van der Waals surface area contributed by atoms with Gasteiger partial charge in [0.1, 0.15) is 0 Å². The number of carbonyl (C=O) groups is 1. The number of nitrogens with zero attached hydrogens (tertiary/aromatic N) is 1. The zero-order chi connectivity index (χ0) is 13.4. The fourth-order valence-electron chi connectivity index (χ4n) is 2.83. The molecule has 0 aliphatic carbocycles. The minimum Gasteiger partial charge on any atom is -0.337 e. The van der Waals surface area contributed by atoms with Crippen LogP contribution >= 0.6 is 23.2 Å². The largest absolute Gasteiger partial charge is 0.337 e. The normalized spacial score (nSPS) is 24.1. The second kappa shape index (κ2) is 5.10. The molecule has 2 nitrogen and oxygen atoms in total. The summed E-state index contributed by atoms with van der Waals surface area (Å²) in [5.41, 5.74) is 1.05. The third-order valence-electron chi connectivity index (χ3n) is 3.57. The van der Waals surface area contributed by atoms with Crippen molar-refractivity contribution in [1.82, 2.24) is 4.90 Å². The molecule has 0 N–H and O–H groups in total. The summed E-state index contributed by atoms with van der Waals surface area (Å²) in [6, 6.07) is 5.95. The maximum absolute atomic E-state index is 12.0. The molecule has 2 rings (SSSR count). The number of halogens is 2. The average Bonchev–Trinajstić information content (AvgIpc) is 2.52. The molecule has 0 spiro atoms. The lowest BCUT2D eigenvalue weighted by Crippen LogP contribution is -2.38. The summed E-state index contributed by atoms with van der Waals surface area (Å²) in [7, 11) is 0. The van der Waals surface area contributed by atoms with Crippen molar-refractivity contribution >= 4 is 29.1 Å². The first-order valence-corrected chi connectivity index (χ1v) is 6.93. The van der Waals surface area contributed by atoms with Crippen molar-refractivity contribution in [2.24, 2.45) is 0 Å². The first kappa shape index (κ1) is 13.7. The van der Waals surface area contributed by atoms with Crippen LogP contribution in [0.3, 0.4) is 0 Å². The van der Waals surface area contributed by atoms with Gasteiger partial charge in [0, 0.05) is 34.5 Å². The van der Waals surface area contributed by atoms with Gasteiger partial charge in [-0.25, -0.2) is 0 Å². The van der Waals surface area contributed by atoms with Crippen LogP contribution in [0.4, 0.5) is 0 Å². The molecule has 2 atom stereocenters. The second-order valence-corrected chi connectivity index (χ2v) is 6.02. The van der Waals surface area contributed by atoms with Crippen LogP contribution in [0.2, 0.25) is 10.0 Å². The highest BCUT2D eigenvalue weighted by Crippen LogP contribution is 2.37. The highest BCUT2D eigenvalue weighted by molar-refractivity contribution is 6.34. The summed E-state index contributed by atoms with van der Waals surface area (Å²) in [5.74, 6) is 0.384. The zero-order valence-corrected chi connectivity index (χ0v) is 12.3. The van der Waals surface area contributed by atoms with E-state index in [1.165, 1.54) is 0 Å². The number of rotatable bonds is 2. The first-order valence-electron chi connectivity index (χ1n) is 6.17. The van der Waals surface area contributed by atoms with Gasteiger partial charge in [0.2, 0.25) is 5.91 Å². The Kier molecular flexibility index (Phi) is 3.88. The van der Waals surface area contributed by atoms with Crippen molar-refractivity contribution in [3.8, 4) is 0 Å². The van der Waals surface area contributed by atoms with Gasteiger partial charge in [-0.2, -0.15) is 0 Å². The van der Waals surface area contributed by atoms with Crippen molar-refractivity contribution in [2.75, 3.05) is 0 Å². The van der Waals surface area contributed by atoms with E-state index in [0.29, 0.717) is 16.5 Å². The van der Waals surface area contributed by atoms with Gasteiger partial charge in [-0.1, -0.05) is 23.2 Å². The Morgan fingerprint density at radius 1 is 1.22 bits per heavy atom. The quantitative estimate of drug-likeness (QED) is 0.801. The predicted octanol–water partition coefficient (Wildman–Crippen LogP) is 4.11. The Morgan fingerprint density at radius 2 is 1.78 bits per heavy atom. The molecular formula is C14H17Cl2NO. The molecule has 1 amide bonds. The van der Waals surface area contributed by atoms with E-state index in [9.17, 15) is 4.79 Å². The number of hydrogen-bond acceptors (Lipinski definition) is 1. The van der Waals surface area contributed by atoms with Crippen molar-refractivity contribution in [2.45, 2.75) is 45.2 Å². The molecule has 1 aromatic carbocycles. The van der Waals surface area contributed by atoms with Gasteiger partial charge in [0.05, 0.1) is 0 Å². The van der Waals surface area contributed by atoms with Crippen molar-refractivity contribution in [3.63, 3.8) is 0 Å². The molecule has 1 saturated heterocycles. The van der Waals surface area contributed by atoms with Crippen LogP contribution in [-0.4, -0.2) is 22.9 Å². The standard InChI is InChI=1S/C14H17Cl2NO/c1-8(2)17-9(3)13(7-14(17)18)10-4-11(15)6-12(16)5-10/h4-6,8-9,13H,7H2,1-3H3/t9-,13-/m0/s1. The Labute approximate surface area is 118 Å². The van der Waals surface area contributed by atoms with E-state index >= 15 is 0 Å². The first-order chi connectivity index (χ1) is 8.40. The average molecular weight is 286 g/mol.